The fraction of sp³-hybridized carbons (Fsp3) is 0.200. The third-order valence-corrected chi connectivity index (χ3v) is 7.70. The normalized spacial score (nSPS) is 14.5. The van der Waals surface area contributed by atoms with Crippen molar-refractivity contribution in [3.05, 3.63) is 107 Å². The molecule has 0 radical (unpaired) electrons. The summed E-state index contributed by atoms with van der Waals surface area (Å²) in [5.74, 6) is 0.0982. The number of carbonyl (C=O) groups is 2. The van der Waals surface area contributed by atoms with E-state index in [1.807, 2.05) is 70.5 Å². The molecule has 4 N–H and O–H groups in total. The molecule has 6 heterocycles. The Labute approximate surface area is 229 Å². The van der Waals surface area contributed by atoms with Gasteiger partial charge < -0.3 is 19.8 Å². The number of hydrogen-bond donors (Lipinski definition) is 4. The van der Waals surface area contributed by atoms with E-state index >= 15 is 0 Å². The number of fused-ring (bicyclic) bond motifs is 4. The number of aromatic amines is 4. The van der Waals surface area contributed by atoms with Gasteiger partial charge >= 0.3 is 0 Å². The van der Waals surface area contributed by atoms with Gasteiger partial charge in [-0.15, -0.1) is 0 Å². The van der Waals surface area contributed by atoms with E-state index in [-0.39, 0.29) is 11.8 Å². The lowest BCUT2D eigenvalue weighted by atomic mass is 10.1. The molecule has 0 bridgehead atoms. The van der Waals surface area contributed by atoms with Gasteiger partial charge in [0.1, 0.15) is 11.4 Å². The van der Waals surface area contributed by atoms with Crippen molar-refractivity contribution >= 4 is 33.6 Å². The molecular weight excluding hydrogens is 504 g/mol. The molecule has 2 aliphatic heterocycles. The number of benzene rings is 2. The third kappa shape index (κ3) is 4.43. The minimum Gasteiger partial charge on any atom is -0.351 e. The van der Waals surface area contributed by atoms with Crippen molar-refractivity contribution in [1.29, 1.82) is 0 Å². The standard InChI is InChI=1S/2C15H14N4O/c2*20-15(14-7-10-3-1-2-4-12(10)17-14)19-6-5-13-11(9-19)8-16-18-13/h2*1-4,7-8,17H,5-6,9H2,(H,16,18). The van der Waals surface area contributed by atoms with Crippen molar-refractivity contribution in [3.63, 3.8) is 0 Å². The van der Waals surface area contributed by atoms with Crippen LogP contribution in [0.5, 0.6) is 0 Å². The number of hydrogen-bond acceptors (Lipinski definition) is 4. The zero-order chi connectivity index (χ0) is 27.1. The van der Waals surface area contributed by atoms with E-state index in [9.17, 15) is 9.59 Å². The summed E-state index contributed by atoms with van der Waals surface area (Å²) < 4.78 is 0. The molecule has 0 atom stereocenters. The Bertz CT molecular complexity index is 1640. The number of nitrogens with zero attached hydrogens (tertiary/aromatic N) is 4. The van der Waals surface area contributed by atoms with Crippen molar-refractivity contribution in [2.24, 2.45) is 0 Å². The molecule has 4 aromatic heterocycles. The molecule has 8 rings (SSSR count). The average Bonchev–Trinajstić information content (AvgIpc) is 3.80. The van der Waals surface area contributed by atoms with Crippen LogP contribution in [0, 0.1) is 0 Å². The lowest BCUT2D eigenvalue weighted by Gasteiger charge is -2.26. The van der Waals surface area contributed by atoms with Crippen LogP contribution in [0.25, 0.3) is 21.8 Å². The van der Waals surface area contributed by atoms with Crippen LogP contribution in [0.1, 0.15) is 43.5 Å². The van der Waals surface area contributed by atoms with Crippen LogP contribution in [0.15, 0.2) is 73.1 Å². The van der Waals surface area contributed by atoms with Gasteiger partial charge in [-0.2, -0.15) is 10.2 Å². The van der Waals surface area contributed by atoms with Gasteiger partial charge in [-0.1, -0.05) is 36.4 Å². The summed E-state index contributed by atoms with van der Waals surface area (Å²) >= 11 is 0. The smallest absolute Gasteiger partial charge is 0.270 e. The molecule has 10 nitrogen and oxygen atoms in total. The molecule has 0 unspecified atom stereocenters. The summed E-state index contributed by atoms with van der Waals surface area (Å²) in [5.41, 5.74) is 7.81. The largest absolute Gasteiger partial charge is 0.351 e. The van der Waals surface area contributed by atoms with Crippen LogP contribution in [0.3, 0.4) is 0 Å². The van der Waals surface area contributed by atoms with Crippen LogP contribution in [0.4, 0.5) is 0 Å². The highest BCUT2D eigenvalue weighted by Crippen LogP contribution is 2.22. The number of rotatable bonds is 2. The van der Waals surface area contributed by atoms with Crippen LogP contribution >= 0.6 is 0 Å². The van der Waals surface area contributed by atoms with Gasteiger partial charge in [0.25, 0.3) is 11.8 Å². The maximum Gasteiger partial charge on any atom is 0.270 e. The minimum absolute atomic E-state index is 0.0491. The first-order valence-electron chi connectivity index (χ1n) is 13.4. The van der Waals surface area contributed by atoms with E-state index in [0.29, 0.717) is 24.5 Å². The summed E-state index contributed by atoms with van der Waals surface area (Å²) in [7, 11) is 0. The number of amides is 2. The Morgan fingerprint density at radius 3 is 1.55 bits per heavy atom. The lowest BCUT2D eigenvalue weighted by Crippen LogP contribution is -2.35. The summed E-state index contributed by atoms with van der Waals surface area (Å²) in [6.45, 7) is 2.70. The second kappa shape index (κ2) is 9.88. The summed E-state index contributed by atoms with van der Waals surface area (Å²) in [4.78, 5) is 35.2. The highest BCUT2D eigenvalue weighted by molar-refractivity contribution is 5.99. The topological polar surface area (TPSA) is 130 Å². The number of nitrogens with one attached hydrogen (secondary N) is 4. The summed E-state index contributed by atoms with van der Waals surface area (Å²) in [6.07, 6.45) is 5.28. The highest BCUT2D eigenvalue weighted by Gasteiger charge is 2.25. The zero-order valence-electron chi connectivity index (χ0n) is 21.8. The molecule has 6 aromatic rings. The molecular formula is C30H28N8O2. The molecule has 0 fully saturated rings. The van der Waals surface area contributed by atoms with Crippen LogP contribution in [-0.4, -0.2) is 65.1 Å². The van der Waals surface area contributed by atoms with Crippen LogP contribution < -0.4 is 0 Å². The fourth-order valence-electron chi connectivity index (χ4n) is 5.51. The van der Waals surface area contributed by atoms with E-state index in [4.69, 9.17) is 0 Å². The van der Waals surface area contributed by atoms with Gasteiger partial charge in [0.15, 0.2) is 0 Å². The molecule has 0 aliphatic carbocycles. The van der Waals surface area contributed by atoms with Gasteiger partial charge in [0, 0.05) is 83.3 Å². The average molecular weight is 533 g/mol. The third-order valence-electron chi connectivity index (χ3n) is 7.70. The Morgan fingerprint density at radius 1 is 0.650 bits per heavy atom. The van der Waals surface area contributed by atoms with Gasteiger partial charge in [-0.3, -0.25) is 19.8 Å². The number of H-pyrrole nitrogens is 4. The van der Waals surface area contributed by atoms with Crippen molar-refractivity contribution in [2.75, 3.05) is 13.1 Å². The second-order valence-corrected chi connectivity index (χ2v) is 10.2. The first-order chi connectivity index (χ1) is 19.6. The summed E-state index contributed by atoms with van der Waals surface area (Å²) in [5, 5.41) is 16.2. The van der Waals surface area contributed by atoms with E-state index in [1.54, 1.807) is 12.4 Å². The number of para-hydroxylation sites is 2. The minimum atomic E-state index is 0.0491. The second-order valence-electron chi connectivity index (χ2n) is 10.2. The van der Waals surface area contributed by atoms with Crippen LogP contribution in [-0.2, 0) is 25.9 Å². The maximum atomic E-state index is 12.6. The predicted octanol–water partition coefficient (Wildman–Crippen LogP) is 4.18. The molecule has 40 heavy (non-hydrogen) atoms. The molecule has 0 spiro atoms. The molecule has 2 amide bonds. The maximum absolute atomic E-state index is 12.6. The van der Waals surface area contributed by atoms with Crippen molar-refractivity contribution in [3.8, 4) is 0 Å². The Balaban J connectivity index is 0.000000132. The van der Waals surface area contributed by atoms with Crippen LogP contribution in [0.2, 0.25) is 0 Å². The molecule has 0 saturated heterocycles. The SMILES string of the molecule is O=C(c1cc2ccccc2[nH]1)N1CCc2[nH]ncc2C1.O=C(c1cc2ccccc2[nH]1)N1CCc2[nH]ncc2C1. The van der Waals surface area contributed by atoms with Gasteiger partial charge in [0.05, 0.1) is 12.4 Å². The first-order valence-corrected chi connectivity index (χ1v) is 13.4. The first kappa shape index (κ1) is 24.0. The van der Waals surface area contributed by atoms with Gasteiger partial charge in [-0.25, -0.2) is 0 Å². The summed E-state index contributed by atoms with van der Waals surface area (Å²) in [6, 6.07) is 19.7. The van der Waals surface area contributed by atoms with Crippen molar-refractivity contribution < 1.29 is 9.59 Å². The lowest BCUT2D eigenvalue weighted by molar-refractivity contribution is 0.0722. The fourth-order valence-corrected chi connectivity index (χ4v) is 5.51. The number of carbonyl (C=O) groups excluding carboxylic acids is 2. The molecule has 10 heteroatoms. The van der Waals surface area contributed by atoms with Crippen molar-refractivity contribution in [2.45, 2.75) is 25.9 Å². The molecule has 2 aliphatic rings. The zero-order valence-corrected chi connectivity index (χ0v) is 21.8. The van der Waals surface area contributed by atoms with Gasteiger partial charge in [-0.05, 0) is 24.3 Å². The van der Waals surface area contributed by atoms with Crippen molar-refractivity contribution in [1.82, 2.24) is 40.2 Å². The Hall–Kier alpha value is -5.12. The molecule has 2 aromatic carbocycles. The molecule has 0 saturated carbocycles. The highest BCUT2D eigenvalue weighted by atomic mass is 16.2. The predicted molar refractivity (Wildman–Crippen MR) is 151 cm³/mol. The monoisotopic (exact) mass is 532 g/mol. The van der Waals surface area contributed by atoms with E-state index in [1.165, 1.54) is 0 Å². The Kier molecular flexibility index (Phi) is 5.92. The van der Waals surface area contributed by atoms with Gasteiger partial charge in [0.2, 0.25) is 0 Å². The van der Waals surface area contributed by atoms with E-state index < -0.39 is 0 Å². The Morgan fingerprint density at radius 2 is 1.10 bits per heavy atom. The molecule has 200 valence electrons. The number of aromatic nitrogens is 6. The van der Waals surface area contributed by atoms with E-state index in [2.05, 4.69) is 30.4 Å². The quantitative estimate of drug-likeness (QED) is 0.267. The van der Waals surface area contributed by atoms with E-state index in [0.717, 1.165) is 70.3 Å².